The molecule has 0 aliphatic carbocycles. The van der Waals surface area contributed by atoms with E-state index in [1.165, 1.54) is 0 Å². The zero-order chi connectivity index (χ0) is 16.1. The summed E-state index contributed by atoms with van der Waals surface area (Å²) in [5.74, 6) is 6.31. The highest BCUT2D eigenvalue weighted by atomic mass is 32.1. The van der Waals surface area contributed by atoms with Gasteiger partial charge in [-0.25, -0.2) is 4.79 Å². The summed E-state index contributed by atoms with van der Waals surface area (Å²) < 4.78 is 5.40. The SMILES string of the molecule is CN(C(=O)OC(C)(C)C)C(C)(C)CCC#Cc1cccs1. The summed E-state index contributed by atoms with van der Waals surface area (Å²) >= 11 is 1.64. The zero-order valence-corrected chi connectivity index (χ0v) is 14.6. The first-order valence-electron chi connectivity index (χ1n) is 7.11. The van der Waals surface area contributed by atoms with Crippen LogP contribution in [0.1, 0.15) is 52.3 Å². The summed E-state index contributed by atoms with van der Waals surface area (Å²) in [6.45, 7) is 9.68. The molecule has 0 saturated heterocycles. The van der Waals surface area contributed by atoms with Crippen molar-refractivity contribution >= 4 is 17.4 Å². The molecule has 0 spiro atoms. The molecule has 0 bridgehead atoms. The summed E-state index contributed by atoms with van der Waals surface area (Å²) in [5, 5.41) is 2.02. The van der Waals surface area contributed by atoms with E-state index in [9.17, 15) is 4.79 Å². The largest absolute Gasteiger partial charge is 0.444 e. The molecular weight excluding hydrogens is 282 g/mol. The minimum Gasteiger partial charge on any atom is -0.444 e. The maximum absolute atomic E-state index is 12.1. The van der Waals surface area contributed by atoms with Crippen molar-refractivity contribution in [3.8, 4) is 11.8 Å². The third-order valence-corrected chi connectivity index (χ3v) is 3.96. The lowest BCUT2D eigenvalue weighted by Crippen LogP contribution is -2.47. The monoisotopic (exact) mass is 307 g/mol. The first kappa shape index (κ1) is 17.6. The highest BCUT2D eigenvalue weighted by molar-refractivity contribution is 7.10. The van der Waals surface area contributed by atoms with Crippen LogP contribution in [0.25, 0.3) is 0 Å². The van der Waals surface area contributed by atoms with Crippen LogP contribution < -0.4 is 0 Å². The Morgan fingerprint density at radius 3 is 2.52 bits per heavy atom. The van der Waals surface area contributed by atoms with Crippen LogP contribution in [0, 0.1) is 11.8 Å². The average Bonchev–Trinajstić information content (AvgIpc) is 2.84. The molecule has 0 aliphatic rings. The Balaban J connectivity index is 2.53. The topological polar surface area (TPSA) is 29.5 Å². The van der Waals surface area contributed by atoms with E-state index in [0.717, 1.165) is 17.7 Å². The van der Waals surface area contributed by atoms with E-state index in [1.807, 2.05) is 52.1 Å². The molecule has 4 heteroatoms. The van der Waals surface area contributed by atoms with Crippen molar-refractivity contribution in [3.05, 3.63) is 22.4 Å². The van der Waals surface area contributed by atoms with Crippen LogP contribution in [0.5, 0.6) is 0 Å². The molecule has 1 aromatic heterocycles. The molecule has 1 amide bonds. The van der Waals surface area contributed by atoms with E-state index in [0.29, 0.717) is 0 Å². The van der Waals surface area contributed by atoms with Crippen molar-refractivity contribution in [2.24, 2.45) is 0 Å². The van der Waals surface area contributed by atoms with Gasteiger partial charge in [-0.3, -0.25) is 0 Å². The van der Waals surface area contributed by atoms with Gasteiger partial charge in [0.1, 0.15) is 5.60 Å². The number of amides is 1. The highest BCUT2D eigenvalue weighted by Gasteiger charge is 2.30. The van der Waals surface area contributed by atoms with E-state index in [4.69, 9.17) is 4.74 Å². The lowest BCUT2D eigenvalue weighted by Gasteiger charge is -2.36. The van der Waals surface area contributed by atoms with E-state index >= 15 is 0 Å². The number of carbonyl (C=O) groups is 1. The fraction of sp³-hybridized carbons (Fsp3) is 0.588. The van der Waals surface area contributed by atoms with Crippen LogP contribution in [0.3, 0.4) is 0 Å². The van der Waals surface area contributed by atoms with Crippen LogP contribution in [-0.4, -0.2) is 29.2 Å². The Bertz CT molecular complexity index is 515. The average molecular weight is 307 g/mol. The fourth-order valence-electron chi connectivity index (χ4n) is 1.61. The molecule has 0 N–H and O–H groups in total. The number of ether oxygens (including phenoxy) is 1. The van der Waals surface area contributed by atoms with Crippen molar-refractivity contribution in [3.63, 3.8) is 0 Å². The van der Waals surface area contributed by atoms with Gasteiger partial charge < -0.3 is 9.64 Å². The number of hydrogen-bond acceptors (Lipinski definition) is 3. The van der Waals surface area contributed by atoms with E-state index < -0.39 is 5.60 Å². The van der Waals surface area contributed by atoms with Crippen molar-refractivity contribution in [1.29, 1.82) is 0 Å². The standard InChI is InChI=1S/C17H25NO2S/c1-16(2,3)20-15(19)18(6)17(4,5)12-8-7-10-14-11-9-13-21-14/h9,11,13H,8,12H2,1-6H3. The lowest BCUT2D eigenvalue weighted by atomic mass is 9.97. The number of thiophene rings is 1. The van der Waals surface area contributed by atoms with Gasteiger partial charge in [0.05, 0.1) is 4.88 Å². The second-order valence-electron chi connectivity index (χ2n) is 6.63. The Kier molecular flexibility index (Phi) is 5.86. The molecular formula is C17H25NO2S. The van der Waals surface area contributed by atoms with Gasteiger partial charge >= 0.3 is 6.09 Å². The predicted octanol–water partition coefficient (Wildman–Crippen LogP) is 4.53. The van der Waals surface area contributed by atoms with Crippen molar-refractivity contribution in [2.45, 2.75) is 58.6 Å². The second kappa shape index (κ2) is 7.00. The minimum atomic E-state index is -0.472. The highest BCUT2D eigenvalue weighted by Crippen LogP contribution is 2.21. The normalized spacial score (nSPS) is 11.5. The predicted molar refractivity (Wildman–Crippen MR) is 88.5 cm³/mol. The molecule has 1 heterocycles. The van der Waals surface area contributed by atoms with Crippen LogP contribution in [-0.2, 0) is 4.74 Å². The lowest BCUT2D eigenvalue weighted by molar-refractivity contribution is 0.0100. The molecule has 21 heavy (non-hydrogen) atoms. The smallest absolute Gasteiger partial charge is 0.410 e. The third-order valence-electron chi connectivity index (χ3n) is 3.17. The maximum atomic E-state index is 12.1. The summed E-state index contributed by atoms with van der Waals surface area (Å²) in [6, 6.07) is 4.00. The van der Waals surface area contributed by atoms with E-state index in [2.05, 4.69) is 11.8 Å². The Hall–Kier alpha value is -1.47. The van der Waals surface area contributed by atoms with Crippen molar-refractivity contribution in [1.82, 2.24) is 4.90 Å². The van der Waals surface area contributed by atoms with Gasteiger partial charge in [-0.1, -0.05) is 17.9 Å². The van der Waals surface area contributed by atoms with Crippen molar-refractivity contribution in [2.75, 3.05) is 7.05 Å². The van der Waals surface area contributed by atoms with Gasteiger partial charge in [0.25, 0.3) is 0 Å². The molecule has 0 fully saturated rings. The molecule has 0 atom stereocenters. The van der Waals surface area contributed by atoms with Crippen LogP contribution in [0.15, 0.2) is 17.5 Å². The van der Waals surface area contributed by atoms with Gasteiger partial charge in [0.2, 0.25) is 0 Å². The quantitative estimate of drug-likeness (QED) is 0.768. The maximum Gasteiger partial charge on any atom is 0.410 e. The fourth-order valence-corrected chi connectivity index (χ4v) is 2.20. The molecule has 0 radical (unpaired) electrons. The Morgan fingerprint density at radius 2 is 2.00 bits per heavy atom. The number of carbonyl (C=O) groups excluding carboxylic acids is 1. The van der Waals surface area contributed by atoms with Crippen LogP contribution in [0.2, 0.25) is 0 Å². The van der Waals surface area contributed by atoms with E-state index in [1.54, 1.807) is 23.3 Å². The summed E-state index contributed by atoms with van der Waals surface area (Å²) in [6.07, 6.45) is 1.26. The summed E-state index contributed by atoms with van der Waals surface area (Å²) in [5.41, 5.74) is -0.757. The van der Waals surface area contributed by atoms with Crippen molar-refractivity contribution < 1.29 is 9.53 Å². The molecule has 1 aromatic rings. The second-order valence-corrected chi connectivity index (χ2v) is 7.58. The van der Waals surface area contributed by atoms with Gasteiger partial charge in [0, 0.05) is 19.0 Å². The van der Waals surface area contributed by atoms with E-state index in [-0.39, 0.29) is 11.6 Å². The van der Waals surface area contributed by atoms with Gasteiger partial charge in [-0.15, -0.1) is 11.3 Å². The molecule has 3 nitrogen and oxygen atoms in total. The number of hydrogen-bond donors (Lipinski definition) is 0. The summed E-state index contributed by atoms with van der Waals surface area (Å²) in [4.78, 5) is 14.8. The molecule has 0 aliphatic heterocycles. The zero-order valence-electron chi connectivity index (χ0n) is 13.8. The first-order valence-corrected chi connectivity index (χ1v) is 7.99. The third kappa shape index (κ3) is 6.22. The van der Waals surface area contributed by atoms with Crippen LogP contribution in [0.4, 0.5) is 4.79 Å². The van der Waals surface area contributed by atoms with Crippen LogP contribution >= 0.6 is 11.3 Å². The Morgan fingerprint density at radius 1 is 1.33 bits per heavy atom. The molecule has 1 rings (SSSR count). The molecule has 116 valence electrons. The molecule has 0 aromatic carbocycles. The van der Waals surface area contributed by atoms with Gasteiger partial charge in [0.15, 0.2) is 0 Å². The minimum absolute atomic E-state index is 0.285. The first-order chi connectivity index (χ1) is 9.62. The van der Waals surface area contributed by atoms with Gasteiger partial charge in [-0.2, -0.15) is 0 Å². The van der Waals surface area contributed by atoms with Gasteiger partial charge in [-0.05, 0) is 52.5 Å². The Labute approximate surface area is 132 Å². The number of nitrogens with zero attached hydrogens (tertiary/aromatic N) is 1. The molecule has 0 saturated carbocycles. The number of rotatable bonds is 3. The summed E-state index contributed by atoms with van der Waals surface area (Å²) in [7, 11) is 1.78. The molecule has 0 unspecified atom stereocenters.